The van der Waals surface area contributed by atoms with Crippen LogP contribution in [-0.4, -0.2) is 56.7 Å². The monoisotopic (exact) mass is 401 g/mol. The van der Waals surface area contributed by atoms with E-state index in [1.807, 2.05) is 35.2 Å². The van der Waals surface area contributed by atoms with Gasteiger partial charge in [0.2, 0.25) is 11.8 Å². The molecule has 1 N–H and O–H groups in total. The van der Waals surface area contributed by atoms with E-state index < -0.39 is 0 Å². The van der Waals surface area contributed by atoms with Crippen LogP contribution in [0.2, 0.25) is 0 Å². The molecule has 0 bridgehead atoms. The summed E-state index contributed by atoms with van der Waals surface area (Å²) in [6.45, 7) is 1.23. The molecule has 2 amide bonds. The molecule has 1 fully saturated rings. The Bertz CT molecular complexity index is 854. The number of carbonyl (C=O) groups is 2. The Morgan fingerprint density at radius 3 is 2.71 bits per heavy atom. The van der Waals surface area contributed by atoms with Gasteiger partial charge in [0.15, 0.2) is 0 Å². The number of likely N-dealkylation sites (tertiary alicyclic amines) is 1. The van der Waals surface area contributed by atoms with E-state index in [1.54, 1.807) is 4.68 Å². The summed E-state index contributed by atoms with van der Waals surface area (Å²) in [6, 6.07) is 9.83. The average Bonchev–Trinajstić information content (AvgIpc) is 3.33. The third kappa shape index (κ3) is 3.90. The third-order valence-corrected chi connectivity index (χ3v) is 5.89. The van der Waals surface area contributed by atoms with Gasteiger partial charge in [-0.15, -0.1) is 16.7 Å². The summed E-state index contributed by atoms with van der Waals surface area (Å²) in [5.41, 5.74) is 3.22. The Kier molecular flexibility index (Phi) is 5.62. The van der Waals surface area contributed by atoms with Crippen molar-refractivity contribution in [3.63, 3.8) is 0 Å². The van der Waals surface area contributed by atoms with Gasteiger partial charge < -0.3 is 10.2 Å². The first kappa shape index (κ1) is 18.9. The summed E-state index contributed by atoms with van der Waals surface area (Å²) in [7, 11) is 0. The molecule has 1 aliphatic heterocycles. The number of nitrogens with zero attached hydrogens (tertiary/aromatic N) is 4. The number of aromatic nitrogens is 3. The van der Waals surface area contributed by atoms with Gasteiger partial charge >= 0.3 is 0 Å². The number of alkyl halides is 1. The first-order chi connectivity index (χ1) is 13.7. The van der Waals surface area contributed by atoms with E-state index >= 15 is 0 Å². The number of carbonyl (C=O) groups excluding carboxylic acids is 2. The van der Waals surface area contributed by atoms with Crippen molar-refractivity contribution < 1.29 is 9.59 Å². The lowest BCUT2D eigenvalue weighted by atomic mass is 9.94. The highest BCUT2D eigenvalue weighted by Gasteiger charge is 2.37. The summed E-state index contributed by atoms with van der Waals surface area (Å²) in [5.74, 6) is -0.257. The van der Waals surface area contributed by atoms with Gasteiger partial charge in [-0.3, -0.25) is 9.59 Å². The standard InChI is InChI=1S/C20H24ClN5O2/c21-10-19(27)22-17-12-25(11-15(17)14-6-2-1-3-7-14)20(28)13-26-18-9-5-4-8-16(18)23-24-26/h1-3,6-7,15,17H,4-5,8-13H2,(H,22,27)/t15-,17+/m0/s1. The van der Waals surface area contributed by atoms with E-state index in [0.717, 1.165) is 42.6 Å². The average molecular weight is 402 g/mol. The summed E-state index contributed by atoms with van der Waals surface area (Å²) in [5, 5.41) is 11.4. The number of fused-ring (bicyclic) bond motifs is 1. The third-order valence-electron chi connectivity index (χ3n) is 5.65. The fraction of sp³-hybridized carbons (Fsp3) is 0.500. The van der Waals surface area contributed by atoms with E-state index in [2.05, 4.69) is 15.6 Å². The van der Waals surface area contributed by atoms with Gasteiger partial charge in [-0.1, -0.05) is 35.5 Å². The fourth-order valence-electron chi connectivity index (χ4n) is 4.21. The highest BCUT2D eigenvalue weighted by Crippen LogP contribution is 2.28. The fourth-order valence-corrected chi connectivity index (χ4v) is 4.29. The number of rotatable bonds is 5. The van der Waals surface area contributed by atoms with E-state index in [4.69, 9.17) is 11.6 Å². The van der Waals surface area contributed by atoms with Crippen molar-refractivity contribution in [2.45, 2.75) is 44.2 Å². The van der Waals surface area contributed by atoms with Crippen LogP contribution >= 0.6 is 11.6 Å². The van der Waals surface area contributed by atoms with Crippen LogP contribution in [0.3, 0.4) is 0 Å². The molecule has 2 aliphatic rings. The molecule has 0 unspecified atom stereocenters. The van der Waals surface area contributed by atoms with Crippen molar-refractivity contribution in [1.29, 1.82) is 0 Å². The summed E-state index contributed by atoms with van der Waals surface area (Å²) < 4.78 is 1.75. The van der Waals surface area contributed by atoms with Crippen LogP contribution in [0.1, 0.15) is 35.7 Å². The molecule has 148 valence electrons. The predicted octanol–water partition coefficient (Wildman–Crippen LogP) is 1.51. The molecule has 4 rings (SSSR count). The lowest BCUT2D eigenvalue weighted by Crippen LogP contribution is -2.41. The second-order valence-electron chi connectivity index (χ2n) is 7.47. The Morgan fingerprint density at radius 1 is 1.14 bits per heavy atom. The maximum atomic E-state index is 13.0. The maximum absolute atomic E-state index is 13.0. The quantitative estimate of drug-likeness (QED) is 0.770. The van der Waals surface area contributed by atoms with Crippen molar-refractivity contribution >= 4 is 23.4 Å². The molecule has 2 atom stereocenters. The zero-order valence-electron chi connectivity index (χ0n) is 15.7. The molecule has 0 spiro atoms. The Hall–Kier alpha value is -2.41. The second-order valence-corrected chi connectivity index (χ2v) is 7.74. The summed E-state index contributed by atoms with van der Waals surface area (Å²) in [4.78, 5) is 26.7. The topological polar surface area (TPSA) is 80.1 Å². The molecule has 0 saturated carbocycles. The first-order valence-corrected chi connectivity index (χ1v) is 10.3. The van der Waals surface area contributed by atoms with Crippen LogP contribution in [-0.2, 0) is 29.0 Å². The van der Waals surface area contributed by atoms with Crippen molar-refractivity contribution in [2.24, 2.45) is 0 Å². The van der Waals surface area contributed by atoms with E-state index in [1.165, 1.54) is 0 Å². The predicted molar refractivity (Wildman–Crippen MR) is 105 cm³/mol. The van der Waals surface area contributed by atoms with Crippen molar-refractivity contribution in [2.75, 3.05) is 19.0 Å². The molecule has 1 aromatic carbocycles. The molecule has 0 radical (unpaired) electrons. The summed E-state index contributed by atoms with van der Waals surface area (Å²) >= 11 is 5.67. The molecule has 1 saturated heterocycles. The first-order valence-electron chi connectivity index (χ1n) is 9.75. The number of aryl methyl sites for hydroxylation is 1. The maximum Gasteiger partial charge on any atom is 0.244 e. The van der Waals surface area contributed by atoms with Gasteiger partial charge in [0.1, 0.15) is 12.4 Å². The number of hydrogen-bond donors (Lipinski definition) is 1. The lowest BCUT2D eigenvalue weighted by Gasteiger charge is -2.19. The Labute approximate surface area is 169 Å². The molecular weight excluding hydrogens is 378 g/mol. The van der Waals surface area contributed by atoms with Gasteiger partial charge in [-0.25, -0.2) is 4.68 Å². The Morgan fingerprint density at radius 2 is 1.93 bits per heavy atom. The molecule has 2 heterocycles. The van der Waals surface area contributed by atoms with E-state index in [-0.39, 0.29) is 36.2 Å². The summed E-state index contributed by atoms with van der Waals surface area (Å²) in [6.07, 6.45) is 4.11. The molecule has 7 nitrogen and oxygen atoms in total. The van der Waals surface area contributed by atoms with Gasteiger partial charge in [0.05, 0.1) is 17.4 Å². The van der Waals surface area contributed by atoms with Crippen LogP contribution < -0.4 is 5.32 Å². The van der Waals surface area contributed by atoms with E-state index in [9.17, 15) is 9.59 Å². The number of nitrogens with one attached hydrogen (secondary N) is 1. The second kappa shape index (κ2) is 8.31. The zero-order chi connectivity index (χ0) is 19.5. The minimum absolute atomic E-state index is 0.00169. The minimum atomic E-state index is -0.216. The molecule has 1 aromatic heterocycles. The van der Waals surface area contributed by atoms with Crippen LogP contribution in [0.25, 0.3) is 0 Å². The van der Waals surface area contributed by atoms with Gasteiger partial charge in [0.25, 0.3) is 0 Å². The minimum Gasteiger partial charge on any atom is -0.350 e. The van der Waals surface area contributed by atoms with Crippen LogP contribution in [0.5, 0.6) is 0 Å². The molecule has 8 heteroatoms. The number of hydrogen-bond acceptors (Lipinski definition) is 4. The molecular formula is C20H24ClN5O2. The van der Waals surface area contributed by atoms with Gasteiger partial charge in [0, 0.05) is 19.0 Å². The highest BCUT2D eigenvalue weighted by atomic mass is 35.5. The molecule has 2 aromatic rings. The van der Waals surface area contributed by atoms with Crippen molar-refractivity contribution in [3.8, 4) is 0 Å². The number of halogens is 1. The Balaban J connectivity index is 1.49. The van der Waals surface area contributed by atoms with E-state index in [0.29, 0.717) is 13.1 Å². The normalized spacial score (nSPS) is 21.4. The van der Waals surface area contributed by atoms with Gasteiger partial charge in [-0.2, -0.15) is 0 Å². The smallest absolute Gasteiger partial charge is 0.244 e. The largest absolute Gasteiger partial charge is 0.350 e. The van der Waals surface area contributed by atoms with Crippen molar-refractivity contribution in [1.82, 2.24) is 25.2 Å². The van der Waals surface area contributed by atoms with Crippen LogP contribution in [0.15, 0.2) is 30.3 Å². The zero-order valence-corrected chi connectivity index (χ0v) is 16.4. The SMILES string of the molecule is O=C(CCl)N[C@@H]1CN(C(=O)Cn2nnc3c2CCCC3)C[C@H]1c1ccccc1. The molecule has 28 heavy (non-hydrogen) atoms. The van der Waals surface area contributed by atoms with Crippen LogP contribution in [0, 0.1) is 0 Å². The molecule has 1 aliphatic carbocycles. The lowest BCUT2D eigenvalue weighted by molar-refractivity contribution is -0.131. The van der Waals surface area contributed by atoms with Gasteiger partial charge in [-0.05, 0) is 31.2 Å². The van der Waals surface area contributed by atoms with Crippen LogP contribution in [0.4, 0.5) is 0 Å². The van der Waals surface area contributed by atoms with Crippen molar-refractivity contribution in [3.05, 3.63) is 47.3 Å². The number of amides is 2. The number of benzene rings is 1. The highest BCUT2D eigenvalue weighted by molar-refractivity contribution is 6.27.